The summed E-state index contributed by atoms with van der Waals surface area (Å²) in [6.07, 6.45) is 0. The minimum absolute atomic E-state index is 0.0572. The molecular weight excluding hydrogens is 294 g/mol. The first-order valence-electron chi connectivity index (χ1n) is 6.11. The maximum atomic E-state index is 5.11. The summed E-state index contributed by atoms with van der Waals surface area (Å²) in [7, 11) is 1.72. The summed E-state index contributed by atoms with van der Waals surface area (Å²) in [6, 6.07) is 1.90. The van der Waals surface area contributed by atoms with E-state index in [1.54, 1.807) is 7.11 Å². The second-order valence-corrected chi connectivity index (χ2v) is 6.40. The van der Waals surface area contributed by atoms with E-state index in [0.717, 1.165) is 29.4 Å². The fourth-order valence-electron chi connectivity index (χ4n) is 1.47. The second-order valence-electron chi connectivity index (χ2n) is 5.59. The van der Waals surface area contributed by atoms with Gasteiger partial charge in [0.1, 0.15) is 16.2 Å². The Hall–Kier alpha value is -0.680. The van der Waals surface area contributed by atoms with E-state index in [1.807, 2.05) is 6.07 Å². The van der Waals surface area contributed by atoms with Gasteiger partial charge < -0.3 is 10.1 Å². The van der Waals surface area contributed by atoms with Gasteiger partial charge in [-0.25, -0.2) is 9.97 Å². The molecular formula is C13H22BrN3O. The number of nitrogens with one attached hydrogen (secondary N) is 1. The lowest BCUT2D eigenvalue weighted by atomic mass is 9.96. The zero-order valence-electron chi connectivity index (χ0n) is 11.7. The second kappa shape index (κ2) is 6.48. The highest BCUT2D eigenvalue weighted by atomic mass is 79.9. The highest BCUT2D eigenvalue weighted by Gasteiger charge is 2.18. The summed E-state index contributed by atoms with van der Waals surface area (Å²) in [5.41, 5.74) is -0.0572. The molecule has 0 saturated carbocycles. The third-order valence-corrected chi connectivity index (χ3v) is 2.85. The number of hydrogen-bond acceptors (Lipinski definition) is 4. The molecule has 0 fully saturated rings. The number of rotatable bonds is 5. The van der Waals surface area contributed by atoms with Gasteiger partial charge in [0.2, 0.25) is 0 Å². The van der Waals surface area contributed by atoms with Gasteiger partial charge in [-0.15, -0.1) is 0 Å². The smallest absolute Gasteiger partial charge is 0.137 e. The summed E-state index contributed by atoms with van der Waals surface area (Å²) in [4.78, 5) is 8.95. The number of methoxy groups -OCH3 is 1. The average molecular weight is 316 g/mol. The number of hydrogen-bond donors (Lipinski definition) is 1. The summed E-state index contributed by atoms with van der Waals surface area (Å²) >= 11 is 3.43. The van der Waals surface area contributed by atoms with Crippen LogP contribution in [0.1, 0.15) is 33.5 Å². The van der Waals surface area contributed by atoms with Gasteiger partial charge >= 0.3 is 0 Å². The van der Waals surface area contributed by atoms with Crippen molar-refractivity contribution in [3.05, 3.63) is 16.5 Å². The highest BCUT2D eigenvalue weighted by molar-refractivity contribution is 9.10. The van der Waals surface area contributed by atoms with Crippen molar-refractivity contribution in [1.29, 1.82) is 0 Å². The van der Waals surface area contributed by atoms with Crippen molar-refractivity contribution in [2.24, 2.45) is 5.92 Å². The number of anilines is 1. The fourth-order valence-corrected chi connectivity index (χ4v) is 1.85. The first-order valence-corrected chi connectivity index (χ1v) is 6.90. The largest absolute Gasteiger partial charge is 0.384 e. The molecule has 5 heteroatoms. The van der Waals surface area contributed by atoms with E-state index < -0.39 is 0 Å². The Morgan fingerprint density at radius 1 is 1.39 bits per heavy atom. The van der Waals surface area contributed by atoms with Crippen molar-refractivity contribution in [1.82, 2.24) is 9.97 Å². The van der Waals surface area contributed by atoms with Crippen molar-refractivity contribution in [3.63, 3.8) is 0 Å². The fraction of sp³-hybridized carbons (Fsp3) is 0.692. The number of aromatic nitrogens is 2. The van der Waals surface area contributed by atoms with Crippen LogP contribution in [-0.2, 0) is 10.2 Å². The molecule has 0 bridgehead atoms. The summed E-state index contributed by atoms with van der Waals surface area (Å²) < 4.78 is 5.92. The van der Waals surface area contributed by atoms with Crippen LogP contribution in [0.3, 0.4) is 0 Å². The molecule has 1 heterocycles. The minimum atomic E-state index is -0.0572. The SMILES string of the molecule is COCC(C)CNc1cc(Br)nc(C(C)(C)C)n1. The molecule has 0 aliphatic rings. The van der Waals surface area contributed by atoms with Crippen molar-refractivity contribution in [3.8, 4) is 0 Å². The van der Waals surface area contributed by atoms with Crippen LogP contribution in [0.25, 0.3) is 0 Å². The highest BCUT2D eigenvalue weighted by Crippen LogP contribution is 2.22. The molecule has 0 aliphatic heterocycles. The van der Waals surface area contributed by atoms with Gasteiger partial charge in [-0.05, 0) is 21.8 Å². The predicted octanol–water partition coefficient (Wildman–Crippen LogP) is 3.23. The molecule has 1 unspecified atom stereocenters. The standard InChI is InChI=1S/C13H22BrN3O/c1-9(8-18-5)7-15-11-6-10(14)16-12(17-11)13(2,3)4/h6,9H,7-8H2,1-5H3,(H,15,16,17). The van der Waals surface area contributed by atoms with Gasteiger partial charge in [-0.2, -0.15) is 0 Å². The molecule has 0 saturated heterocycles. The Labute approximate surface area is 118 Å². The average Bonchev–Trinajstić information content (AvgIpc) is 2.25. The van der Waals surface area contributed by atoms with Crippen LogP contribution in [0, 0.1) is 5.92 Å². The zero-order chi connectivity index (χ0) is 13.8. The molecule has 102 valence electrons. The molecule has 1 aromatic rings. The van der Waals surface area contributed by atoms with E-state index in [0.29, 0.717) is 5.92 Å². The number of ether oxygens (including phenoxy) is 1. The van der Waals surface area contributed by atoms with Crippen molar-refractivity contribution >= 4 is 21.7 Å². The number of nitrogens with zero attached hydrogens (tertiary/aromatic N) is 2. The third kappa shape index (κ3) is 4.90. The Balaban J connectivity index is 2.75. The molecule has 4 nitrogen and oxygen atoms in total. The lowest BCUT2D eigenvalue weighted by Gasteiger charge is -2.18. The van der Waals surface area contributed by atoms with E-state index in [1.165, 1.54) is 0 Å². The van der Waals surface area contributed by atoms with Gasteiger partial charge in [-0.1, -0.05) is 27.7 Å². The first-order chi connectivity index (χ1) is 8.32. The Kier molecular flexibility index (Phi) is 5.53. The maximum absolute atomic E-state index is 5.11. The molecule has 18 heavy (non-hydrogen) atoms. The van der Waals surface area contributed by atoms with Gasteiger partial charge in [0.05, 0.1) is 6.61 Å². The summed E-state index contributed by atoms with van der Waals surface area (Å²) in [6.45, 7) is 10.0. The van der Waals surface area contributed by atoms with Crippen LogP contribution in [0.5, 0.6) is 0 Å². The lowest BCUT2D eigenvalue weighted by Crippen LogP contribution is -2.20. The monoisotopic (exact) mass is 315 g/mol. The van der Waals surface area contributed by atoms with E-state index >= 15 is 0 Å². The molecule has 0 amide bonds. The third-order valence-electron chi connectivity index (χ3n) is 2.45. The molecule has 1 aromatic heterocycles. The minimum Gasteiger partial charge on any atom is -0.384 e. The number of halogens is 1. The van der Waals surface area contributed by atoms with Crippen LogP contribution in [0.2, 0.25) is 0 Å². The molecule has 1 atom stereocenters. The van der Waals surface area contributed by atoms with Crippen LogP contribution in [0.15, 0.2) is 10.7 Å². The normalized spacial score (nSPS) is 13.4. The van der Waals surface area contributed by atoms with Crippen molar-refractivity contribution < 1.29 is 4.74 Å². The van der Waals surface area contributed by atoms with Crippen molar-refractivity contribution in [2.45, 2.75) is 33.1 Å². The van der Waals surface area contributed by atoms with E-state index in [-0.39, 0.29) is 5.41 Å². The van der Waals surface area contributed by atoms with Gasteiger partial charge in [0.25, 0.3) is 0 Å². The topological polar surface area (TPSA) is 47.0 Å². The van der Waals surface area contributed by atoms with E-state index in [2.05, 4.69) is 58.9 Å². The molecule has 1 N–H and O–H groups in total. The molecule has 0 spiro atoms. The Morgan fingerprint density at radius 3 is 2.61 bits per heavy atom. The van der Waals surface area contributed by atoms with Gasteiger partial charge in [0, 0.05) is 25.1 Å². The molecule has 0 radical (unpaired) electrons. The van der Waals surface area contributed by atoms with Crippen LogP contribution >= 0.6 is 15.9 Å². The molecule has 1 rings (SSSR count). The lowest BCUT2D eigenvalue weighted by molar-refractivity contribution is 0.164. The van der Waals surface area contributed by atoms with Gasteiger partial charge in [0.15, 0.2) is 0 Å². The van der Waals surface area contributed by atoms with E-state index in [4.69, 9.17) is 4.74 Å². The quantitative estimate of drug-likeness (QED) is 0.847. The van der Waals surface area contributed by atoms with Gasteiger partial charge in [-0.3, -0.25) is 0 Å². The van der Waals surface area contributed by atoms with Crippen LogP contribution < -0.4 is 5.32 Å². The van der Waals surface area contributed by atoms with Crippen molar-refractivity contribution in [2.75, 3.05) is 25.6 Å². The molecule has 0 aliphatic carbocycles. The maximum Gasteiger partial charge on any atom is 0.137 e. The Bertz CT molecular complexity index is 390. The van der Waals surface area contributed by atoms with Crippen LogP contribution in [-0.4, -0.2) is 30.2 Å². The molecule has 0 aromatic carbocycles. The zero-order valence-corrected chi connectivity index (χ0v) is 13.3. The Morgan fingerprint density at radius 2 is 2.06 bits per heavy atom. The predicted molar refractivity (Wildman–Crippen MR) is 78.0 cm³/mol. The summed E-state index contributed by atoms with van der Waals surface area (Å²) in [5.74, 6) is 2.13. The first kappa shape index (κ1) is 15.4. The summed E-state index contributed by atoms with van der Waals surface area (Å²) in [5, 5.41) is 3.32. The van der Waals surface area contributed by atoms with Crippen LogP contribution in [0.4, 0.5) is 5.82 Å². The van der Waals surface area contributed by atoms with E-state index in [9.17, 15) is 0 Å².